The van der Waals surface area contributed by atoms with Gasteiger partial charge >= 0.3 is 0 Å². The molecule has 0 unspecified atom stereocenters. The van der Waals surface area contributed by atoms with Crippen molar-refractivity contribution >= 4 is 21.9 Å². The van der Waals surface area contributed by atoms with Crippen LogP contribution in [0.1, 0.15) is 19.4 Å². The molecule has 0 bridgehead atoms. The van der Waals surface area contributed by atoms with Crippen molar-refractivity contribution in [2.75, 3.05) is 26.2 Å². The van der Waals surface area contributed by atoms with E-state index in [-0.39, 0.29) is 0 Å². The quantitative estimate of drug-likeness (QED) is 0.358. The Morgan fingerprint density at radius 3 is 2.28 bits per heavy atom. The van der Waals surface area contributed by atoms with E-state index in [0.29, 0.717) is 13.2 Å². The molecule has 29 heavy (non-hydrogen) atoms. The van der Waals surface area contributed by atoms with Crippen LogP contribution < -0.4 is 9.47 Å². The Morgan fingerprint density at radius 2 is 1.48 bits per heavy atom. The van der Waals surface area contributed by atoms with Crippen molar-refractivity contribution in [1.82, 2.24) is 4.90 Å². The van der Waals surface area contributed by atoms with Gasteiger partial charge in [0.25, 0.3) is 0 Å². The highest BCUT2D eigenvalue weighted by Gasteiger charge is 2.07. The lowest BCUT2D eigenvalue weighted by atomic mass is 10.1. The van der Waals surface area contributed by atoms with Gasteiger partial charge in [0.1, 0.15) is 35.9 Å². The van der Waals surface area contributed by atoms with Crippen LogP contribution >= 0.6 is 0 Å². The summed E-state index contributed by atoms with van der Waals surface area (Å²) in [5, 5.41) is 2.19. The van der Waals surface area contributed by atoms with Gasteiger partial charge in [-0.05, 0) is 55.1 Å². The highest BCUT2D eigenvalue weighted by Crippen LogP contribution is 2.31. The predicted octanol–water partition coefficient (Wildman–Crippen LogP) is 5.89. The maximum absolute atomic E-state index is 6.01. The first-order chi connectivity index (χ1) is 14.3. The third kappa shape index (κ3) is 4.54. The molecule has 4 aromatic rings. The smallest absolute Gasteiger partial charge is 0.135 e. The minimum absolute atomic E-state index is 0.515. The maximum atomic E-state index is 6.01. The molecule has 0 saturated heterocycles. The second-order valence-corrected chi connectivity index (χ2v) is 7.06. The van der Waals surface area contributed by atoms with Gasteiger partial charge in [-0.25, -0.2) is 0 Å². The lowest BCUT2D eigenvalue weighted by Crippen LogP contribution is -2.27. The monoisotopic (exact) mass is 389 g/mol. The summed E-state index contributed by atoms with van der Waals surface area (Å²) in [5.41, 5.74) is 2.89. The third-order valence-corrected chi connectivity index (χ3v) is 5.25. The van der Waals surface area contributed by atoms with Gasteiger partial charge in [0.2, 0.25) is 0 Å². The van der Waals surface area contributed by atoms with Gasteiger partial charge < -0.3 is 18.8 Å². The fourth-order valence-corrected chi connectivity index (χ4v) is 3.48. The minimum Gasteiger partial charge on any atom is -0.492 e. The second-order valence-electron chi connectivity index (χ2n) is 7.06. The van der Waals surface area contributed by atoms with Crippen LogP contribution in [0.4, 0.5) is 0 Å². The number of benzene rings is 3. The van der Waals surface area contributed by atoms with Crippen LogP contribution in [0.15, 0.2) is 71.1 Å². The van der Waals surface area contributed by atoms with E-state index in [9.17, 15) is 0 Å². The minimum atomic E-state index is 0.515. The zero-order valence-corrected chi connectivity index (χ0v) is 17.1. The molecule has 0 aliphatic heterocycles. The molecule has 0 atom stereocenters. The second kappa shape index (κ2) is 9.01. The van der Waals surface area contributed by atoms with E-state index in [0.717, 1.165) is 58.6 Å². The number of likely N-dealkylation sites (N-methyl/N-ethyl adjacent to an activating group) is 1. The summed E-state index contributed by atoms with van der Waals surface area (Å²) in [6.45, 7) is 8.61. The van der Waals surface area contributed by atoms with E-state index in [1.165, 1.54) is 0 Å². The Bertz CT molecular complexity index is 1060. The number of para-hydroxylation sites is 1. The van der Waals surface area contributed by atoms with Crippen LogP contribution in [0, 0.1) is 0 Å². The summed E-state index contributed by atoms with van der Waals surface area (Å²) >= 11 is 0. The lowest BCUT2D eigenvalue weighted by Gasteiger charge is -2.18. The summed E-state index contributed by atoms with van der Waals surface area (Å²) in [5.74, 6) is 1.73. The van der Waals surface area contributed by atoms with Crippen molar-refractivity contribution < 1.29 is 13.9 Å². The molecular weight excluding hydrogens is 362 g/mol. The zero-order chi connectivity index (χ0) is 20.1. The van der Waals surface area contributed by atoms with Crippen LogP contribution in [-0.2, 0) is 6.61 Å². The number of nitrogens with zero attached hydrogens (tertiary/aromatic N) is 1. The van der Waals surface area contributed by atoms with Gasteiger partial charge in [0.05, 0.1) is 0 Å². The molecule has 0 aliphatic rings. The molecule has 4 heteroatoms. The largest absolute Gasteiger partial charge is 0.492 e. The molecule has 0 aliphatic carbocycles. The van der Waals surface area contributed by atoms with Crippen LogP contribution in [0.3, 0.4) is 0 Å². The fraction of sp³-hybridized carbons (Fsp3) is 0.280. The zero-order valence-electron chi connectivity index (χ0n) is 17.1. The van der Waals surface area contributed by atoms with E-state index in [4.69, 9.17) is 13.9 Å². The highest BCUT2D eigenvalue weighted by atomic mass is 16.5. The van der Waals surface area contributed by atoms with E-state index < -0.39 is 0 Å². The van der Waals surface area contributed by atoms with Crippen LogP contribution in [0.25, 0.3) is 21.9 Å². The van der Waals surface area contributed by atoms with Gasteiger partial charge in [-0.1, -0.05) is 44.2 Å². The normalized spacial score (nSPS) is 11.4. The van der Waals surface area contributed by atoms with Crippen molar-refractivity contribution in [3.05, 3.63) is 72.3 Å². The van der Waals surface area contributed by atoms with Crippen LogP contribution in [-0.4, -0.2) is 31.1 Å². The first-order valence-corrected chi connectivity index (χ1v) is 10.2. The molecule has 0 radical (unpaired) electrons. The molecule has 0 N–H and O–H groups in total. The maximum Gasteiger partial charge on any atom is 0.135 e. The molecule has 4 nitrogen and oxygen atoms in total. The summed E-state index contributed by atoms with van der Waals surface area (Å²) in [6, 6.07) is 22.2. The van der Waals surface area contributed by atoms with Crippen molar-refractivity contribution in [2.45, 2.75) is 20.5 Å². The van der Waals surface area contributed by atoms with E-state index in [1.807, 2.05) is 48.5 Å². The molecule has 0 spiro atoms. The van der Waals surface area contributed by atoms with Crippen molar-refractivity contribution in [1.29, 1.82) is 0 Å². The predicted molar refractivity (Wildman–Crippen MR) is 118 cm³/mol. The number of hydrogen-bond acceptors (Lipinski definition) is 4. The Kier molecular flexibility index (Phi) is 6.01. The van der Waals surface area contributed by atoms with E-state index in [1.54, 1.807) is 0 Å². The van der Waals surface area contributed by atoms with Crippen LogP contribution in [0.2, 0.25) is 0 Å². The SMILES string of the molecule is CCN(CC)CCOc1ccc(COc2ccc3oc4ccccc4c3c2)cc1. The Morgan fingerprint density at radius 1 is 0.759 bits per heavy atom. The van der Waals surface area contributed by atoms with E-state index in [2.05, 4.69) is 36.9 Å². The first-order valence-electron chi connectivity index (χ1n) is 10.2. The van der Waals surface area contributed by atoms with E-state index >= 15 is 0 Å². The number of rotatable bonds is 9. The molecule has 0 amide bonds. The van der Waals surface area contributed by atoms with Gasteiger partial charge in [0, 0.05) is 17.3 Å². The molecular formula is C25H27NO3. The number of furan rings is 1. The highest BCUT2D eigenvalue weighted by molar-refractivity contribution is 6.05. The molecule has 0 saturated carbocycles. The first kappa shape index (κ1) is 19.3. The van der Waals surface area contributed by atoms with Gasteiger partial charge in [0.15, 0.2) is 0 Å². The standard InChI is InChI=1S/C25H27NO3/c1-3-26(4-2)15-16-27-20-11-9-19(10-12-20)18-28-21-13-14-25-23(17-21)22-7-5-6-8-24(22)29-25/h5-14,17H,3-4,15-16,18H2,1-2H3. The molecule has 3 aromatic carbocycles. The third-order valence-electron chi connectivity index (χ3n) is 5.25. The lowest BCUT2D eigenvalue weighted by molar-refractivity contribution is 0.222. The van der Waals surface area contributed by atoms with Crippen molar-refractivity contribution in [3.63, 3.8) is 0 Å². The van der Waals surface area contributed by atoms with Gasteiger partial charge in [-0.2, -0.15) is 0 Å². The summed E-state index contributed by atoms with van der Waals surface area (Å²) in [6.07, 6.45) is 0. The molecule has 1 heterocycles. The Balaban J connectivity index is 1.36. The molecule has 4 rings (SSSR count). The van der Waals surface area contributed by atoms with Crippen LogP contribution in [0.5, 0.6) is 11.5 Å². The Hall–Kier alpha value is -2.98. The number of fused-ring (bicyclic) bond motifs is 3. The summed E-state index contributed by atoms with van der Waals surface area (Å²) in [4.78, 5) is 2.35. The Labute approximate surface area is 171 Å². The van der Waals surface area contributed by atoms with Crippen molar-refractivity contribution in [3.8, 4) is 11.5 Å². The average molecular weight is 389 g/mol. The fourth-order valence-electron chi connectivity index (χ4n) is 3.48. The van der Waals surface area contributed by atoms with Gasteiger partial charge in [-0.15, -0.1) is 0 Å². The van der Waals surface area contributed by atoms with Gasteiger partial charge in [-0.3, -0.25) is 0 Å². The number of ether oxygens (including phenoxy) is 2. The number of hydrogen-bond donors (Lipinski definition) is 0. The van der Waals surface area contributed by atoms with Crippen molar-refractivity contribution in [2.24, 2.45) is 0 Å². The molecule has 0 fully saturated rings. The summed E-state index contributed by atoms with van der Waals surface area (Å²) in [7, 11) is 0. The topological polar surface area (TPSA) is 34.8 Å². The summed E-state index contributed by atoms with van der Waals surface area (Å²) < 4.78 is 17.7. The molecule has 1 aromatic heterocycles. The average Bonchev–Trinajstić information content (AvgIpc) is 3.14. The molecule has 150 valence electrons.